The van der Waals surface area contributed by atoms with Gasteiger partial charge in [-0.3, -0.25) is 0 Å². The SMILES string of the molecule is N=[N+]=NCCCC1(F)CCCN(C(=O)O)C1. The van der Waals surface area contributed by atoms with Crippen LogP contribution in [0.25, 0.3) is 0 Å². The molecule has 1 fully saturated rings. The van der Waals surface area contributed by atoms with Gasteiger partial charge in [0, 0.05) is 6.54 Å². The summed E-state index contributed by atoms with van der Waals surface area (Å²) in [5, 5.41) is 12.2. The van der Waals surface area contributed by atoms with E-state index in [0.29, 0.717) is 32.4 Å². The van der Waals surface area contributed by atoms with Crippen molar-refractivity contribution in [2.45, 2.75) is 31.4 Å². The zero-order valence-electron chi connectivity index (χ0n) is 9.02. The Morgan fingerprint density at radius 2 is 2.44 bits per heavy atom. The predicted octanol–water partition coefficient (Wildman–Crippen LogP) is 1.80. The second-order valence-corrected chi connectivity index (χ2v) is 4.03. The lowest BCUT2D eigenvalue weighted by Gasteiger charge is -2.35. The molecule has 0 radical (unpaired) electrons. The van der Waals surface area contributed by atoms with Crippen LogP contribution in [-0.4, -0.2) is 41.4 Å². The Morgan fingerprint density at radius 1 is 1.69 bits per heavy atom. The van der Waals surface area contributed by atoms with Crippen LogP contribution in [0.4, 0.5) is 9.18 Å². The van der Waals surface area contributed by atoms with Crippen molar-refractivity contribution in [2.24, 2.45) is 5.11 Å². The lowest BCUT2D eigenvalue weighted by Crippen LogP contribution is -2.47. The van der Waals surface area contributed by atoms with Crippen molar-refractivity contribution in [3.05, 3.63) is 0 Å². The van der Waals surface area contributed by atoms with Crippen LogP contribution in [0.5, 0.6) is 0 Å². The molecule has 1 rings (SSSR count). The highest BCUT2D eigenvalue weighted by Gasteiger charge is 2.36. The first kappa shape index (κ1) is 12.6. The first-order chi connectivity index (χ1) is 7.57. The van der Waals surface area contributed by atoms with Gasteiger partial charge in [-0.1, -0.05) is 0 Å². The van der Waals surface area contributed by atoms with Crippen molar-refractivity contribution < 1.29 is 14.3 Å². The molecular formula is C9H16FN4O2+. The number of piperidine rings is 1. The topological polar surface area (TPSA) is 90.9 Å². The molecule has 90 valence electrons. The maximum atomic E-state index is 14.2. The van der Waals surface area contributed by atoms with Gasteiger partial charge in [-0.25, -0.2) is 9.18 Å². The third kappa shape index (κ3) is 3.58. The summed E-state index contributed by atoms with van der Waals surface area (Å²) in [7, 11) is 0. The number of halogens is 1. The number of nitrogens with zero attached hydrogens (tertiary/aromatic N) is 3. The summed E-state index contributed by atoms with van der Waals surface area (Å²) in [6.45, 7) is 0.677. The Hall–Kier alpha value is -1.49. The largest absolute Gasteiger partial charge is 0.465 e. The highest BCUT2D eigenvalue weighted by Crippen LogP contribution is 2.29. The van der Waals surface area contributed by atoms with Crippen molar-refractivity contribution in [3.63, 3.8) is 0 Å². The number of rotatable bonds is 4. The molecule has 1 heterocycles. The van der Waals surface area contributed by atoms with E-state index in [4.69, 9.17) is 10.6 Å². The number of likely N-dealkylation sites (tertiary alicyclic amines) is 1. The molecule has 1 unspecified atom stereocenters. The number of hydrogen-bond acceptors (Lipinski definition) is 3. The van der Waals surface area contributed by atoms with Gasteiger partial charge in [0.15, 0.2) is 0 Å². The standard InChI is InChI=1S/C9H15FN4O2/c10-9(3-1-5-12-13-11)4-2-6-14(7-9)8(15)16/h11H,1-7H2/p+1. The smallest absolute Gasteiger partial charge is 0.407 e. The molecule has 0 bridgehead atoms. The van der Waals surface area contributed by atoms with Crippen molar-refractivity contribution in [1.82, 2.24) is 9.81 Å². The van der Waals surface area contributed by atoms with E-state index in [-0.39, 0.29) is 13.0 Å². The number of nitrogens with one attached hydrogen (secondary N) is 1. The van der Waals surface area contributed by atoms with E-state index in [1.54, 1.807) is 0 Å². The van der Waals surface area contributed by atoms with E-state index in [1.807, 2.05) is 0 Å². The van der Waals surface area contributed by atoms with Gasteiger partial charge in [0.05, 0.1) is 6.54 Å². The molecule has 0 aromatic heterocycles. The lowest BCUT2D eigenvalue weighted by molar-refractivity contribution is 0.0382. The maximum absolute atomic E-state index is 14.2. The Balaban J connectivity index is 2.42. The molecule has 1 aliphatic heterocycles. The minimum Gasteiger partial charge on any atom is -0.465 e. The maximum Gasteiger partial charge on any atom is 0.407 e. The van der Waals surface area contributed by atoms with E-state index < -0.39 is 11.8 Å². The molecule has 6 nitrogen and oxygen atoms in total. The molecule has 16 heavy (non-hydrogen) atoms. The molecule has 2 N–H and O–H groups in total. The van der Waals surface area contributed by atoms with Gasteiger partial charge in [0.1, 0.15) is 22.9 Å². The van der Waals surface area contributed by atoms with Crippen molar-refractivity contribution >= 4 is 6.09 Å². The molecule has 0 aromatic rings. The van der Waals surface area contributed by atoms with E-state index in [1.165, 1.54) is 0 Å². The molecule has 1 atom stereocenters. The molecule has 1 saturated heterocycles. The number of amides is 1. The van der Waals surface area contributed by atoms with E-state index >= 15 is 0 Å². The second kappa shape index (κ2) is 5.55. The lowest BCUT2D eigenvalue weighted by atomic mass is 9.90. The van der Waals surface area contributed by atoms with Crippen LogP contribution in [0.15, 0.2) is 5.11 Å². The van der Waals surface area contributed by atoms with Gasteiger partial charge in [-0.05, 0) is 25.7 Å². The summed E-state index contributed by atoms with van der Waals surface area (Å²) in [4.78, 5) is 14.7. The Labute approximate surface area is 92.7 Å². The Kier molecular flexibility index (Phi) is 4.37. The van der Waals surface area contributed by atoms with Crippen LogP contribution in [0.3, 0.4) is 0 Å². The van der Waals surface area contributed by atoms with E-state index in [0.717, 1.165) is 4.90 Å². The Morgan fingerprint density at radius 3 is 3.06 bits per heavy atom. The van der Waals surface area contributed by atoms with Crippen LogP contribution in [-0.2, 0) is 0 Å². The predicted molar refractivity (Wildman–Crippen MR) is 54.1 cm³/mol. The fourth-order valence-corrected chi connectivity index (χ4v) is 1.97. The third-order valence-corrected chi connectivity index (χ3v) is 2.75. The molecule has 0 spiro atoms. The van der Waals surface area contributed by atoms with E-state index in [9.17, 15) is 9.18 Å². The van der Waals surface area contributed by atoms with Crippen LogP contribution in [0.1, 0.15) is 25.7 Å². The number of alkyl halides is 1. The summed E-state index contributed by atoms with van der Waals surface area (Å²) in [5.74, 6) is 0. The second-order valence-electron chi connectivity index (χ2n) is 4.03. The zero-order chi connectivity index (χ0) is 12.0. The zero-order valence-corrected chi connectivity index (χ0v) is 9.02. The first-order valence-corrected chi connectivity index (χ1v) is 5.27. The molecule has 1 aliphatic rings. The van der Waals surface area contributed by atoms with E-state index in [2.05, 4.69) is 10.0 Å². The Bertz CT molecular complexity index is 306. The van der Waals surface area contributed by atoms with Gasteiger partial charge < -0.3 is 10.0 Å². The summed E-state index contributed by atoms with van der Waals surface area (Å²) >= 11 is 0. The number of carboxylic acid groups (broad SMARTS) is 1. The minimum atomic E-state index is -1.44. The third-order valence-electron chi connectivity index (χ3n) is 2.75. The number of carbonyl (C=O) groups is 1. The summed E-state index contributed by atoms with van der Waals surface area (Å²) in [6.07, 6.45) is 0.659. The molecule has 7 heteroatoms. The average Bonchev–Trinajstić information content (AvgIpc) is 2.24. The van der Waals surface area contributed by atoms with Gasteiger partial charge >= 0.3 is 6.09 Å². The summed E-state index contributed by atoms with van der Waals surface area (Å²) in [6, 6.07) is 0. The van der Waals surface area contributed by atoms with Crippen molar-refractivity contribution in [3.8, 4) is 0 Å². The van der Waals surface area contributed by atoms with Gasteiger partial charge in [-0.2, -0.15) is 0 Å². The average molecular weight is 231 g/mol. The monoisotopic (exact) mass is 231 g/mol. The van der Waals surface area contributed by atoms with Crippen LogP contribution < -0.4 is 4.91 Å². The summed E-state index contributed by atoms with van der Waals surface area (Å²) < 4.78 is 14.2. The molecule has 0 saturated carbocycles. The molecule has 0 aliphatic carbocycles. The fourth-order valence-electron chi connectivity index (χ4n) is 1.97. The highest BCUT2D eigenvalue weighted by molar-refractivity contribution is 5.65. The minimum absolute atomic E-state index is 0.0552. The van der Waals surface area contributed by atoms with Crippen LogP contribution in [0, 0.1) is 5.53 Å². The first-order valence-electron chi connectivity index (χ1n) is 5.27. The van der Waals surface area contributed by atoms with Crippen molar-refractivity contribution in [2.75, 3.05) is 19.6 Å². The summed E-state index contributed by atoms with van der Waals surface area (Å²) in [5.41, 5.74) is 5.00. The van der Waals surface area contributed by atoms with Crippen LogP contribution in [0.2, 0.25) is 0 Å². The highest BCUT2D eigenvalue weighted by atomic mass is 19.1. The van der Waals surface area contributed by atoms with Gasteiger partial charge in [0.25, 0.3) is 0 Å². The van der Waals surface area contributed by atoms with Gasteiger partial charge in [0.2, 0.25) is 4.91 Å². The van der Waals surface area contributed by atoms with Crippen molar-refractivity contribution in [1.29, 1.82) is 5.53 Å². The van der Waals surface area contributed by atoms with Crippen LogP contribution >= 0.6 is 0 Å². The molecule has 0 aromatic carbocycles. The molecule has 1 amide bonds. The quantitative estimate of drug-likeness (QED) is 0.438. The molecular weight excluding hydrogens is 215 g/mol. The number of hydrogen-bond donors (Lipinski definition) is 2. The fraction of sp³-hybridized carbons (Fsp3) is 0.889. The van der Waals surface area contributed by atoms with Gasteiger partial charge in [-0.15, -0.1) is 0 Å². The normalized spacial score (nSPS) is 24.9.